The summed E-state index contributed by atoms with van der Waals surface area (Å²) in [6.45, 7) is 8.14. The fourth-order valence-electron chi connectivity index (χ4n) is 1.34. The van der Waals surface area contributed by atoms with Crippen LogP contribution in [0.2, 0.25) is 0 Å². The van der Waals surface area contributed by atoms with Gasteiger partial charge in [-0.1, -0.05) is 12.6 Å². The molecule has 0 fully saturated rings. The summed E-state index contributed by atoms with van der Waals surface area (Å²) in [5.74, 6) is 1.53. The van der Waals surface area contributed by atoms with Crippen molar-refractivity contribution in [3.05, 3.63) is 35.9 Å². The van der Waals surface area contributed by atoms with E-state index in [0.29, 0.717) is 6.61 Å². The van der Waals surface area contributed by atoms with Gasteiger partial charge in [-0.25, -0.2) is 0 Å². The molecule has 0 unspecified atom stereocenters. The maximum atomic E-state index is 5.87. The number of hydrogen-bond donors (Lipinski definition) is 1. The highest BCUT2D eigenvalue weighted by Crippen LogP contribution is 2.28. The SMILES string of the molecule is C=C(C)COc1cc(OC)ccc1[C@@H](C)N. The number of ether oxygens (including phenoxy) is 2. The summed E-state index contributed by atoms with van der Waals surface area (Å²) in [5.41, 5.74) is 7.81. The molecule has 3 heteroatoms. The van der Waals surface area contributed by atoms with Gasteiger partial charge in [-0.3, -0.25) is 0 Å². The van der Waals surface area contributed by atoms with Crippen molar-refractivity contribution in [2.24, 2.45) is 5.73 Å². The fourth-order valence-corrected chi connectivity index (χ4v) is 1.34. The molecule has 0 spiro atoms. The van der Waals surface area contributed by atoms with Gasteiger partial charge in [0.2, 0.25) is 0 Å². The van der Waals surface area contributed by atoms with Gasteiger partial charge in [-0.05, 0) is 25.5 Å². The summed E-state index contributed by atoms with van der Waals surface area (Å²) in [4.78, 5) is 0. The van der Waals surface area contributed by atoms with Crippen molar-refractivity contribution in [3.8, 4) is 11.5 Å². The van der Waals surface area contributed by atoms with E-state index in [1.807, 2.05) is 32.0 Å². The Labute approximate surface area is 96.9 Å². The average Bonchev–Trinajstić information content (AvgIpc) is 2.25. The van der Waals surface area contributed by atoms with Crippen molar-refractivity contribution >= 4 is 0 Å². The first kappa shape index (κ1) is 12.6. The van der Waals surface area contributed by atoms with Crippen LogP contribution in [0.3, 0.4) is 0 Å². The minimum Gasteiger partial charge on any atom is -0.497 e. The summed E-state index contributed by atoms with van der Waals surface area (Å²) in [6, 6.07) is 5.59. The van der Waals surface area contributed by atoms with Crippen LogP contribution in [0.15, 0.2) is 30.4 Å². The van der Waals surface area contributed by atoms with Gasteiger partial charge < -0.3 is 15.2 Å². The van der Waals surface area contributed by atoms with Gasteiger partial charge >= 0.3 is 0 Å². The predicted molar refractivity (Wildman–Crippen MR) is 65.9 cm³/mol. The van der Waals surface area contributed by atoms with Crippen molar-refractivity contribution in [2.75, 3.05) is 13.7 Å². The molecule has 1 rings (SSSR count). The molecule has 1 atom stereocenters. The Kier molecular flexibility index (Phi) is 4.38. The summed E-state index contributed by atoms with van der Waals surface area (Å²) in [6.07, 6.45) is 0. The summed E-state index contributed by atoms with van der Waals surface area (Å²) >= 11 is 0. The van der Waals surface area contributed by atoms with Gasteiger partial charge in [0.1, 0.15) is 18.1 Å². The molecule has 0 amide bonds. The normalized spacial score (nSPS) is 12.0. The zero-order valence-corrected chi connectivity index (χ0v) is 10.1. The first-order valence-corrected chi connectivity index (χ1v) is 5.25. The van der Waals surface area contributed by atoms with Crippen LogP contribution in [0.5, 0.6) is 11.5 Å². The zero-order chi connectivity index (χ0) is 12.1. The third-order valence-electron chi connectivity index (χ3n) is 2.19. The number of methoxy groups -OCH3 is 1. The number of nitrogens with two attached hydrogens (primary N) is 1. The first-order chi connectivity index (χ1) is 7.54. The van der Waals surface area contributed by atoms with Crippen LogP contribution in [0, 0.1) is 0 Å². The summed E-state index contributed by atoms with van der Waals surface area (Å²) in [5, 5.41) is 0. The van der Waals surface area contributed by atoms with Crippen LogP contribution in [0.4, 0.5) is 0 Å². The second-order valence-electron chi connectivity index (χ2n) is 3.94. The number of hydrogen-bond acceptors (Lipinski definition) is 3. The number of benzene rings is 1. The van der Waals surface area contributed by atoms with E-state index in [2.05, 4.69) is 6.58 Å². The molecule has 0 saturated heterocycles. The molecule has 0 saturated carbocycles. The molecule has 0 radical (unpaired) electrons. The average molecular weight is 221 g/mol. The third-order valence-corrected chi connectivity index (χ3v) is 2.19. The Morgan fingerprint density at radius 1 is 1.50 bits per heavy atom. The lowest BCUT2D eigenvalue weighted by atomic mass is 10.1. The van der Waals surface area contributed by atoms with E-state index in [1.54, 1.807) is 7.11 Å². The van der Waals surface area contributed by atoms with Crippen molar-refractivity contribution in [1.29, 1.82) is 0 Å². The Bertz CT molecular complexity index is 372. The lowest BCUT2D eigenvalue weighted by Crippen LogP contribution is -2.09. The highest BCUT2D eigenvalue weighted by molar-refractivity contribution is 5.42. The smallest absolute Gasteiger partial charge is 0.128 e. The lowest BCUT2D eigenvalue weighted by Gasteiger charge is -2.15. The van der Waals surface area contributed by atoms with Crippen molar-refractivity contribution in [3.63, 3.8) is 0 Å². The van der Waals surface area contributed by atoms with Gasteiger partial charge in [0, 0.05) is 17.7 Å². The van der Waals surface area contributed by atoms with Crippen LogP contribution in [-0.4, -0.2) is 13.7 Å². The second kappa shape index (κ2) is 5.56. The van der Waals surface area contributed by atoms with Gasteiger partial charge in [0.05, 0.1) is 7.11 Å². The summed E-state index contributed by atoms with van der Waals surface area (Å²) in [7, 11) is 1.63. The van der Waals surface area contributed by atoms with E-state index in [1.165, 1.54) is 0 Å². The van der Waals surface area contributed by atoms with Gasteiger partial charge in [0.15, 0.2) is 0 Å². The van der Waals surface area contributed by atoms with E-state index in [4.69, 9.17) is 15.2 Å². The van der Waals surface area contributed by atoms with E-state index in [9.17, 15) is 0 Å². The zero-order valence-electron chi connectivity index (χ0n) is 10.1. The van der Waals surface area contributed by atoms with Crippen molar-refractivity contribution in [1.82, 2.24) is 0 Å². The van der Waals surface area contributed by atoms with E-state index in [-0.39, 0.29) is 6.04 Å². The predicted octanol–water partition coefficient (Wildman–Crippen LogP) is 2.67. The van der Waals surface area contributed by atoms with Crippen LogP contribution >= 0.6 is 0 Å². The van der Waals surface area contributed by atoms with Crippen LogP contribution in [0.25, 0.3) is 0 Å². The lowest BCUT2D eigenvalue weighted by molar-refractivity contribution is 0.342. The largest absolute Gasteiger partial charge is 0.497 e. The van der Waals surface area contributed by atoms with Crippen molar-refractivity contribution < 1.29 is 9.47 Å². The van der Waals surface area contributed by atoms with Crippen LogP contribution in [0.1, 0.15) is 25.5 Å². The molecular formula is C13H19NO2. The topological polar surface area (TPSA) is 44.5 Å². The molecule has 0 bridgehead atoms. The standard InChI is InChI=1S/C13H19NO2/c1-9(2)8-16-13-7-11(15-4)5-6-12(13)10(3)14/h5-7,10H,1,8,14H2,2-4H3/t10-/m1/s1. The molecule has 1 aromatic carbocycles. The second-order valence-corrected chi connectivity index (χ2v) is 3.94. The van der Waals surface area contributed by atoms with Gasteiger partial charge in [-0.2, -0.15) is 0 Å². The van der Waals surface area contributed by atoms with Gasteiger partial charge in [-0.15, -0.1) is 0 Å². The Morgan fingerprint density at radius 2 is 2.19 bits per heavy atom. The number of rotatable bonds is 5. The maximum absolute atomic E-state index is 5.87. The first-order valence-electron chi connectivity index (χ1n) is 5.25. The van der Waals surface area contributed by atoms with Gasteiger partial charge in [0.25, 0.3) is 0 Å². The molecule has 16 heavy (non-hydrogen) atoms. The molecule has 0 aliphatic carbocycles. The molecule has 0 aliphatic rings. The molecule has 2 N–H and O–H groups in total. The Balaban J connectivity index is 2.95. The molecule has 3 nitrogen and oxygen atoms in total. The molecule has 0 aliphatic heterocycles. The molecule has 1 aromatic rings. The quantitative estimate of drug-likeness (QED) is 0.777. The minimum absolute atomic E-state index is 0.0639. The van der Waals surface area contributed by atoms with Crippen molar-refractivity contribution in [2.45, 2.75) is 19.9 Å². The monoisotopic (exact) mass is 221 g/mol. The highest BCUT2D eigenvalue weighted by atomic mass is 16.5. The van der Waals surface area contributed by atoms with E-state index < -0.39 is 0 Å². The maximum Gasteiger partial charge on any atom is 0.128 e. The highest BCUT2D eigenvalue weighted by Gasteiger charge is 2.09. The third kappa shape index (κ3) is 3.28. The molecule has 0 heterocycles. The Hall–Kier alpha value is -1.48. The van der Waals surface area contributed by atoms with E-state index >= 15 is 0 Å². The van der Waals surface area contributed by atoms with E-state index in [0.717, 1.165) is 22.6 Å². The molecular weight excluding hydrogens is 202 g/mol. The minimum atomic E-state index is -0.0639. The fraction of sp³-hybridized carbons (Fsp3) is 0.385. The molecule has 0 aromatic heterocycles. The molecule has 88 valence electrons. The van der Waals surface area contributed by atoms with Crippen LogP contribution in [-0.2, 0) is 0 Å². The van der Waals surface area contributed by atoms with Crippen LogP contribution < -0.4 is 15.2 Å². The Morgan fingerprint density at radius 3 is 2.69 bits per heavy atom. The summed E-state index contributed by atoms with van der Waals surface area (Å²) < 4.78 is 10.8.